The number of hydrogen-bond acceptors (Lipinski definition) is 0. The number of benzene rings is 1. The first-order valence-corrected chi connectivity index (χ1v) is 4.85. The Balaban J connectivity index is 2.78. The van der Waals surface area contributed by atoms with Crippen molar-refractivity contribution < 1.29 is 4.39 Å². The largest absolute Gasteiger partial charge is 0.251 e. The lowest BCUT2D eigenvalue weighted by Crippen LogP contribution is -1.91. The molecule has 1 aromatic carbocycles. The van der Waals surface area contributed by atoms with Crippen molar-refractivity contribution in [2.75, 3.05) is 6.67 Å². The molecule has 2 heteroatoms. The lowest BCUT2D eigenvalue weighted by atomic mass is 10.0. The molecule has 0 amide bonds. The molecule has 0 unspecified atom stereocenters. The van der Waals surface area contributed by atoms with Gasteiger partial charge in [0.15, 0.2) is 0 Å². The van der Waals surface area contributed by atoms with Gasteiger partial charge in [0, 0.05) is 4.47 Å². The first-order chi connectivity index (χ1) is 5.75. The zero-order chi connectivity index (χ0) is 8.97. The van der Waals surface area contributed by atoms with Crippen LogP contribution in [0.3, 0.4) is 0 Å². The van der Waals surface area contributed by atoms with Gasteiger partial charge < -0.3 is 0 Å². The average molecular weight is 231 g/mol. The van der Waals surface area contributed by atoms with Crippen molar-refractivity contribution in [1.29, 1.82) is 0 Å². The maximum atomic E-state index is 11.9. The quantitative estimate of drug-likeness (QED) is 0.744. The average Bonchev–Trinajstić information content (AvgIpc) is 2.08. The molecule has 0 saturated carbocycles. The van der Waals surface area contributed by atoms with Crippen LogP contribution in [0, 0.1) is 6.92 Å². The second-order valence-corrected chi connectivity index (χ2v) is 3.67. The van der Waals surface area contributed by atoms with Crippen molar-refractivity contribution in [3.05, 3.63) is 33.8 Å². The van der Waals surface area contributed by atoms with Gasteiger partial charge in [-0.25, -0.2) is 0 Å². The standard InChI is InChI=1S/C10H12BrF/c1-8-9(5-3-7-12)4-2-6-10(8)11/h2,4,6H,3,5,7H2,1H3. The number of hydrogen-bond donors (Lipinski definition) is 0. The van der Waals surface area contributed by atoms with E-state index in [4.69, 9.17) is 0 Å². The molecule has 0 aliphatic rings. The van der Waals surface area contributed by atoms with Crippen molar-refractivity contribution >= 4 is 15.9 Å². The minimum Gasteiger partial charge on any atom is -0.251 e. The van der Waals surface area contributed by atoms with Crippen LogP contribution < -0.4 is 0 Å². The van der Waals surface area contributed by atoms with E-state index in [1.807, 2.05) is 12.1 Å². The zero-order valence-electron chi connectivity index (χ0n) is 7.11. The minimum atomic E-state index is -0.230. The van der Waals surface area contributed by atoms with Crippen LogP contribution in [-0.4, -0.2) is 6.67 Å². The summed E-state index contributed by atoms with van der Waals surface area (Å²) in [7, 11) is 0. The third-order valence-electron chi connectivity index (χ3n) is 1.96. The SMILES string of the molecule is Cc1c(Br)cccc1CCCF. The molecule has 0 spiro atoms. The van der Waals surface area contributed by atoms with E-state index in [2.05, 4.69) is 28.9 Å². The Labute approximate surface area is 80.9 Å². The molecular weight excluding hydrogens is 219 g/mol. The van der Waals surface area contributed by atoms with Crippen LogP contribution in [0.1, 0.15) is 17.5 Å². The van der Waals surface area contributed by atoms with Crippen LogP contribution in [0.4, 0.5) is 4.39 Å². The van der Waals surface area contributed by atoms with Crippen LogP contribution in [0.5, 0.6) is 0 Å². The molecule has 0 nitrogen and oxygen atoms in total. The van der Waals surface area contributed by atoms with Gasteiger partial charge in [-0.3, -0.25) is 4.39 Å². The second-order valence-electron chi connectivity index (χ2n) is 2.82. The summed E-state index contributed by atoms with van der Waals surface area (Å²) in [6, 6.07) is 6.05. The molecule has 0 saturated heterocycles. The maximum Gasteiger partial charge on any atom is 0.0897 e. The highest BCUT2D eigenvalue weighted by atomic mass is 79.9. The third-order valence-corrected chi connectivity index (χ3v) is 2.82. The van der Waals surface area contributed by atoms with Crippen molar-refractivity contribution in [2.24, 2.45) is 0 Å². The summed E-state index contributed by atoms with van der Waals surface area (Å²) in [6.07, 6.45) is 1.46. The van der Waals surface area contributed by atoms with Gasteiger partial charge in [0.2, 0.25) is 0 Å². The lowest BCUT2D eigenvalue weighted by molar-refractivity contribution is 0.472. The van der Waals surface area contributed by atoms with Gasteiger partial charge in [-0.1, -0.05) is 28.1 Å². The number of alkyl halides is 1. The van der Waals surface area contributed by atoms with Crippen LogP contribution in [0.2, 0.25) is 0 Å². The Bertz CT molecular complexity index is 258. The Morgan fingerprint density at radius 1 is 1.42 bits per heavy atom. The molecular formula is C10H12BrF. The smallest absolute Gasteiger partial charge is 0.0897 e. The fourth-order valence-corrected chi connectivity index (χ4v) is 1.59. The van der Waals surface area contributed by atoms with E-state index in [1.54, 1.807) is 0 Å². The topological polar surface area (TPSA) is 0 Å². The molecule has 1 aromatic rings. The monoisotopic (exact) mass is 230 g/mol. The molecule has 0 heterocycles. The first kappa shape index (κ1) is 9.72. The van der Waals surface area contributed by atoms with E-state index in [0.717, 1.165) is 10.9 Å². The second kappa shape index (κ2) is 4.61. The molecule has 0 bridgehead atoms. The minimum absolute atomic E-state index is 0.230. The van der Waals surface area contributed by atoms with E-state index in [9.17, 15) is 4.39 Å². The van der Waals surface area contributed by atoms with Crippen LogP contribution in [-0.2, 0) is 6.42 Å². The Morgan fingerprint density at radius 2 is 2.17 bits per heavy atom. The van der Waals surface area contributed by atoms with Gasteiger partial charge in [-0.05, 0) is 37.0 Å². The highest BCUT2D eigenvalue weighted by molar-refractivity contribution is 9.10. The number of rotatable bonds is 3. The van der Waals surface area contributed by atoms with Gasteiger partial charge in [-0.2, -0.15) is 0 Å². The van der Waals surface area contributed by atoms with Crippen molar-refractivity contribution in [1.82, 2.24) is 0 Å². The summed E-state index contributed by atoms with van der Waals surface area (Å²) in [5.74, 6) is 0. The molecule has 0 aromatic heterocycles. The van der Waals surface area contributed by atoms with Crippen LogP contribution in [0.15, 0.2) is 22.7 Å². The molecule has 0 aliphatic heterocycles. The van der Waals surface area contributed by atoms with E-state index in [-0.39, 0.29) is 6.67 Å². The highest BCUT2D eigenvalue weighted by Gasteiger charge is 2.00. The molecule has 0 fully saturated rings. The molecule has 66 valence electrons. The molecule has 1 rings (SSSR count). The summed E-state index contributed by atoms with van der Waals surface area (Å²) >= 11 is 3.44. The lowest BCUT2D eigenvalue weighted by Gasteiger charge is -2.05. The summed E-state index contributed by atoms with van der Waals surface area (Å²) in [6.45, 7) is 1.82. The van der Waals surface area contributed by atoms with Gasteiger partial charge >= 0.3 is 0 Å². The molecule has 0 radical (unpaired) electrons. The summed E-state index contributed by atoms with van der Waals surface area (Å²) < 4.78 is 13.0. The van der Waals surface area contributed by atoms with E-state index >= 15 is 0 Å². The Kier molecular flexibility index (Phi) is 3.73. The van der Waals surface area contributed by atoms with Crippen molar-refractivity contribution in [3.63, 3.8) is 0 Å². The highest BCUT2D eigenvalue weighted by Crippen LogP contribution is 2.20. The zero-order valence-corrected chi connectivity index (χ0v) is 8.70. The van der Waals surface area contributed by atoms with E-state index in [1.165, 1.54) is 11.1 Å². The maximum absolute atomic E-state index is 11.9. The predicted octanol–water partition coefficient (Wildman–Crippen LogP) is 3.66. The number of halogens is 2. The van der Waals surface area contributed by atoms with Gasteiger partial charge in [0.05, 0.1) is 6.67 Å². The van der Waals surface area contributed by atoms with Crippen molar-refractivity contribution in [3.8, 4) is 0 Å². The Morgan fingerprint density at radius 3 is 2.83 bits per heavy atom. The molecule has 12 heavy (non-hydrogen) atoms. The van der Waals surface area contributed by atoms with Gasteiger partial charge in [-0.15, -0.1) is 0 Å². The van der Waals surface area contributed by atoms with E-state index in [0.29, 0.717) is 6.42 Å². The fraction of sp³-hybridized carbons (Fsp3) is 0.400. The van der Waals surface area contributed by atoms with Gasteiger partial charge in [0.25, 0.3) is 0 Å². The first-order valence-electron chi connectivity index (χ1n) is 4.05. The number of aryl methyl sites for hydroxylation is 1. The van der Waals surface area contributed by atoms with Crippen LogP contribution >= 0.6 is 15.9 Å². The van der Waals surface area contributed by atoms with Crippen LogP contribution in [0.25, 0.3) is 0 Å². The fourth-order valence-electron chi connectivity index (χ4n) is 1.18. The summed E-state index contributed by atoms with van der Waals surface area (Å²) in [5.41, 5.74) is 2.47. The normalized spacial score (nSPS) is 10.2. The Hall–Kier alpha value is -0.370. The van der Waals surface area contributed by atoms with E-state index < -0.39 is 0 Å². The molecule has 0 atom stereocenters. The predicted molar refractivity (Wildman–Crippen MR) is 53.2 cm³/mol. The summed E-state index contributed by atoms with van der Waals surface area (Å²) in [5, 5.41) is 0. The molecule has 0 aliphatic carbocycles. The molecule has 0 N–H and O–H groups in total. The summed E-state index contributed by atoms with van der Waals surface area (Å²) in [4.78, 5) is 0. The van der Waals surface area contributed by atoms with Gasteiger partial charge in [0.1, 0.15) is 0 Å². The third kappa shape index (κ3) is 2.31. The van der Waals surface area contributed by atoms with Crippen molar-refractivity contribution in [2.45, 2.75) is 19.8 Å².